The highest BCUT2D eigenvalue weighted by Gasteiger charge is 2.42. The Balaban J connectivity index is 1.91. The van der Waals surface area contributed by atoms with Crippen molar-refractivity contribution in [2.45, 2.75) is 31.1 Å². The molecule has 2 aliphatic rings. The van der Waals surface area contributed by atoms with Crippen LogP contribution in [0.5, 0.6) is 0 Å². The summed E-state index contributed by atoms with van der Waals surface area (Å²) in [4.78, 5) is 9.39. The van der Waals surface area contributed by atoms with Gasteiger partial charge in [-0.3, -0.25) is 0 Å². The van der Waals surface area contributed by atoms with Crippen LogP contribution >= 0.6 is 0 Å². The molecular formula is C14H21N3O2. The molecule has 2 fully saturated rings. The number of ether oxygens (including phenoxy) is 2. The van der Waals surface area contributed by atoms with Gasteiger partial charge in [0.1, 0.15) is 5.82 Å². The lowest BCUT2D eigenvalue weighted by molar-refractivity contribution is -0.0596. The van der Waals surface area contributed by atoms with Gasteiger partial charge in [-0.15, -0.1) is 0 Å². The van der Waals surface area contributed by atoms with Gasteiger partial charge < -0.3 is 15.2 Å². The third-order valence-corrected chi connectivity index (χ3v) is 4.14. The summed E-state index contributed by atoms with van der Waals surface area (Å²) in [6.45, 7) is 5.50. The Kier molecular flexibility index (Phi) is 3.52. The zero-order valence-corrected chi connectivity index (χ0v) is 11.4. The van der Waals surface area contributed by atoms with Gasteiger partial charge in [0.15, 0.2) is 0 Å². The Bertz CT molecular complexity index is 448. The van der Waals surface area contributed by atoms with Gasteiger partial charge in [-0.1, -0.05) is 0 Å². The van der Waals surface area contributed by atoms with Gasteiger partial charge in [0.2, 0.25) is 0 Å². The van der Waals surface area contributed by atoms with E-state index in [1.54, 1.807) is 0 Å². The summed E-state index contributed by atoms with van der Waals surface area (Å²) in [5, 5.41) is 0. The zero-order valence-electron chi connectivity index (χ0n) is 11.4. The summed E-state index contributed by atoms with van der Waals surface area (Å²) in [5.41, 5.74) is 7.90. The minimum atomic E-state index is -0.161. The van der Waals surface area contributed by atoms with E-state index in [4.69, 9.17) is 20.2 Å². The van der Waals surface area contributed by atoms with E-state index in [2.05, 4.69) is 11.1 Å². The predicted octanol–water partition coefficient (Wildman–Crippen LogP) is 0.906. The highest BCUT2D eigenvalue weighted by molar-refractivity contribution is 5.21. The van der Waals surface area contributed by atoms with Crippen LogP contribution in [-0.2, 0) is 14.9 Å². The van der Waals surface area contributed by atoms with Crippen LogP contribution in [0.4, 0.5) is 0 Å². The fourth-order valence-corrected chi connectivity index (χ4v) is 2.72. The molecule has 0 spiro atoms. The van der Waals surface area contributed by atoms with E-state index in [0.717, 1.165) is 43.3 Å². The van der Waals surface area contributed by atoms with E-state index in [-0.39, 0.29) is 5.41 Å². The molecule has 5 nitrogen and oxygen atoms in total. The molecular weight excluding hydrogens is 242 g/mol. The minimum absolute atomic E-state index is 0.161. The first-order chi connectivity index (χ1) is 9.23. The molecule has 2 aliphatic heterocycles. The van der Waals surface area contributed by atoms with Crippen molar-refractivity contribution in [2.75, 3.05) is 33.0 Å². The van der Waals surface area contributed by atoms with Gasteiger partial charge in [0, 0.05) is 37.1 Å². The second-order valence-corrected chi connectivity index (χ2v) is 5.62. The average molecular weight is 263 g/mol. The van der Waals surface area contributed by atoms with Crippen LogP contribution in [0.3, 0.4) is 0 Å². The smallest absolute Gasteiger partial charge is 0.140 e. The molecule has 0 unspecified atom stereocenters. The van der Waals surface area contributed by atoms with E-state index in [9.17, 15) is 0 Å². The predicted molar refractivity (Wildman–Crippen MR) is 71.1 cm³/mol. The largest absolute Gasteiger partial charge is 0.381 e. The van der Waals surface area contributed by atoms with Crippen molar-refractivity contribution in [1.29, 1.82) is 0 Å². The van der Waals surface area contributed by atoms with Gasteiger partial charge >= 0.3 is 0 Å². The first kappa shape index (κ1) is 13.0. The molecule has 1 aromatic rings. The Labute approximate surface area is 113 Å². The van der Waals surface area contributed by atoms with Crippen LogP contribution in [0.2, 0.25) is 0 Å². The number of hydrogen-bond acceptors (Lipinski definition) is 5. The summed E-state index contributed by atoms with van der Waals surface area (Å²) >= 11 is 0. The Morgan fingerprint density at radius 3 is 2.58 bits per heavy atom. The van der Waals surface area contributed by atoms with E-state index in [1.807, 2.05) is 6.92 Å². The maximum atomic E-state index is 5.90. The van der Waals surface area contributed by atoms with Crippen LogP contribution in [-0.4, -0.2) is 42.9 Å². The third kappa shape index (κ3) is 2.38. The Morgan fingerprint density at radius 2 is 2.00 bits per heavy atom. The van der Waals surface area contributed by atoms with Gasteiger partial charge in [-0.2, -0.15) is 0 Å². The van der Waals surface area contributed by atoms with Crippen molar-refractivity contribution in [3.8, 4) is 0 Å². The van der Waals surface area contributed by atoms with Crippen LogP contribution < -0.4 is 5.73 Å². The monoisotopic (exact) mass is 263 g/mol. The van der Waals surface area contributed by atoms with Gasteiger partial charge in [0.05, 0.1) is 18.6 Å². The molecule has 3 heterocycles. The highest BCUT2D eigenvalue weighted by atomic mass is 16.5. The average Bonchev–Trinajstić information content (AvgIpc) is 2.39. The van der Waals surface area contributed by atoms with Gasteiger partial charge in [0.25, 0.3) is 0 Å². The number of aryl methyl sites for hydroxylation is 1. The fraction of sp³-hybridized carbons (Fsp3) is 0.714. The molecule has 0 saturated carbocycles. The summed E-state index contributed by atoms with van der Waals surface area (Å²) in [7, 11) is 0. The molecule has 2 N–H and O–H groups in total. The van der Waals surface area contributed by atoms with E-state index < -0.39 is 0 Å². The second-order valence-electron chi connectivity index (χ2n) is 5.62. The van der Waals surface area contributed by atoms with Crippen LogP contribution in [0.1, 0.15) is 36.0 Å². The topological polar surface area (TPSA) is 70.3 Å². The third-order valence-electron chi connectivity index (χ3n) is 4.14. The van der Waals surface area contributed by atoms with Crippen molar-refractivity contribution in [3.63, 3.8) is 0 Å². The maximum Gasteiger partial charge on any atom is 0.140 e. The molecule has 3 rings (SSSR count). The number of aromatic nitrogens is 2. The molecule has 2 saturated heterocycles. The quantitative estimate of drug-likeness (QED) is 0.877. The van der Waals surface area contributed by atoms with Crippen molar-refractivity contribution >= 4 is 0 Å². The lowest BCUT2D eigenvalue weighted by Gasteiger charge is -2.39. The second kappa shape index (κ2) is 5.15. The summed E-state index contributed by atoms with van der Waals surface area (Å²) in [5.74, 6) is 1.35. The normalized spacial score (nSPS) is 23.1. The molecule has 0 bridgehead atoms. The van der Waals surface area contributed by atoms with Crippen LogP contribution in [0.25, 0.3) is 0 Å². The molecule has 0 radical (unpaired) electrons. The molecule has 5 heteroatoms. The van der Waals surface area contributed by atoms with Crippen molar-refractivity contribution < 1.29 is 9.47 Å². The lowest BCUT2D eigenvalue weighted by atomic mass is 9.84. The molecule has 104 valence electrons. The minimum Gasteiger partial charge on any atom is -0.381 e. The zero-order chi connectivity index (χ0) is 13.3. The number of nitrogens with two attached hydrogens (primary N) is 1. The van der Waals surface area contributed by atoms with E-state index in [0.29, 0.717) is 25.7 Å². The molecule has 0 amide bonds. The van der Waals surface area contributed by atoms with E-state index in [1.165, 1.54) is 0 Å². The van der Waals surface area contributed by atoms with Crippen LogP contribution in [0.15, 0.2) is 6.07 Å². The SMILES string of the molecule is Cc1cc(C2CCOCC2)nc(C2(CN)COC2)n1. The van der Waals surface area contributed by atoms with Gasteiger partial charge in [-0.05, 0) is 25.8 Å². The molecule has 1 aromatic heterocycles. The standard InChI is InChI=1S/C14H21N3O2/c1-10-6-12(11-2-4-18-5-3-11)17-13(16-10)14(7-15)8-19-9-14/h6,11H,2-5,7-9,15H2,1H3. The Morgan fingerprint density at radius 1 is 1.26 bits per heavy atom. The van der Waals surface area contributed by atoms with Gasteiger partial charge in [-0.25, -0.2) is 9.97 Å². The molecule has 19 heavy (non-hydrogen) atoms. The maximum absolute atomic E-state index is 5.90. The molecule has 0 aromatic carbocycles. The molecule has 0 aliphatic carbocycles. The Hall–Kier alpha value is -1.04. The first-order valence-corrected chi connectivity index (χ1v) is 6.95. The molecule has 0 atom stereocenters. The summed E-state index contributed by atoms with van der Waals surface area (Å²) < 4.78 is 10.7. The number of rotatable bonds is 3. The summed E-state index contributed by atoms with van der Waals surface area (Å²) in [6.07, 6.45) is 2.09. The van der Waals surface area contributed by atoms with Crippen molar-refractivity contribution in [3.05, 3.63) is 23.3 Å². The van der Waals surface area contributed by atoms with Crippen molar-refractivity contribution in [1.82, 2.24) is 9.97 Å². The van der Waals surface area contributed by atoms with Crippen molar-refractivity contribution in [2.24, 2.45) is 5.73 Å². The number of nitrogens with zero attached hydrogens (tertiary/aromatic N) is 2. The number of hydrogen-bond donors (Lipinski definition) is 1. The fourth-order valence-electron chi connectivity index (χ4n) is 2.72. The highest BCUT2D eigenvalue weighted by Crippen LogP contribution is 2.31. The lowest BCUT2D eigenvalue weighted by Crippen LogP contribution is -2.53. The van der Waals surface area contributed by atoms with Crippen LogP contribution in [0, 0.1) is 6.92 Å². The van der Waals surface area contributed by atoms with E-state index >= 15 is 0 Å². The first-order valence-electron chi connectivity index (χ1n) is 6.95. The summed E-state index contributed by atoms with van der Waals surface area (Å²) in [6, 6.07) is 2.10.